The molecular weight excluding hydrogens is 490 g/mol. The Labute approximate surface area is 202 Å². The molecule has 2 aliphatic rings. The van der Waals surface area contributed by atoms with Crippen LogP contribution in [0.3, 0.4) is 0 Å². The summed E-state index contributed by atoms with van der Waals surface area (Å²) in [5.41, 5.74) is 1.59. The number of halogens is 1. The Balaban J connectivity index is 1.33. The second kappa shape index (κ2) is 10.0. The monoisotopic (exact) mass is 509 g/mol. The molecule has 14 heteroatoms. The lowest BCUT2D eigenvalue weighted by atomic mass is 10.0. The molecule has 0 saturated carbocycles. The molecule has 11 nitrogen and oxygen atoms in total. The standard InChI is InChI=1S/C19H20ClN7O4S2/c1-26-19(23-24-25-26)33-9-11-8-32-16-13(15(28)27(16)14(11)17(29)30)22-18(31)21-7-6-10-2-4-12(20)5-3-10/h2-5,13,16H,6-9H2,1H3,(H,29,30)(H2,21,22,31)/t13?,16-/m0/s1. The van der Waals surface area contributed by atoms with Crippen molar-refractivity contribution in [1.29, 1.82) is 0 Å². The molecule has 174 valence electrons. The number of carbonyl (C=O) groups is 3. The molecule has 2 aliphatic heterocycles. The van der Waals surface area contributed by atoms with Gasteiger partial charge >= 0.3 is 12.0 Å². The Kier molecular flexibility index (Phi) is 7.10. The number of fused-ring (bicyclic) bond motifs is 1. The number of tetrazole rings is 1. The fourth-order valence-electron chi connectivity index (χ4n) is 3.45. The van der Waals surface area contributed by atoms with Crippen LogP contribution in [-0.2, 0) is 23.1 Å². The van der Waals surface area contributed by atoms with Gasteiger partial charge in [-0.25, -0.2) is 14.3 Å². The molecule has 3 N–H and O–H groups in total. The van der Waals surface area contributed by atoms with Gasteiger partial charge in [0.1, 0.15) is 17.1 Å². The normalized spacial score (nSPS) is 19.7. The van der Waals surface area contributed by atoms with Crippen LogP contribution in [0.5, 0.6) is 0 Å². The molecule has 0 aliphatic carbocycles. The first-order chi connectivity index (χ1) is 15.8. The second-order valence-corrected chi connectivity index (χ2v) is 9.78. The lowest BCUT2D eigenvalue weighted by molar-refractivity contribution is -0.148. The summed E-state index contributed by atoms with van der Waals surface area (Å²) >= 11 is 8.58. The minimum atomic E-state index is -1.17. The number of carboxylic acids is 1. The molecule has 33 heavy (non-hydrogen) atoms. The van der Waals surface area contributed by atoms with Gasteiger partial charge in [0.15, 0.2) is 0 Å². The highest BCUT2D eigenvalue weighted by molar-refractivity contribution is 8.01. The van der Waals surface area contributed by atoms with Crippen LogP contribution in [-0.4, -0.2) is 77.6 Å². The van der Waals surface area contributed by atoms with Gasteiger partial charge in [-0.05, 0) is 40.1 Å². The number of thioether (sulfide) groups is 2. The van der Waals surface area contributed by atoms with Crippen LogP contribution >= 0.6 is 35.1 Å². The Bertz CT molecular complexity index is 1110. The first kappa shape index (κ1) is 23.4. The molecule has 1 aromatic carbocycles. The zero-order chi connectivity index (χ0) is 23.5. The van der Waals surface area contributed by atoms with Crippen LogP contribution in [0.4, 0.5) is 4.79 Å². The lowest BCUT2D eigenvalue weighted by Gasteiger charge is -2.49. The molecule has 2 atom stereocenters. The number of aromatic nitrogens is 4. The highest BCUT2D eigenvalue weighted by Crippen LogP contribution is 2.41. The van der Waals surface area contributed by atoms with E-state index in [0.29, 0.717) is 40.2 Å². The summed E-state index contributed by atoms with van der Waals surface area (Å²) in [6.07, 6.45) is 0.613. The van der Waals surface area contributed by atoms with Crippen molar-refractivity contribution in [3.63, 3.8) is 0 Å². The summed E-state index contributed by atoms with van der Waals surface area (Å²) in [6.45, 7) is 0.383. The largest absolute Gasteiger partial charge is 0.477 e. The summed E-state index contributed by atoms with van der Waals surface area (Å²) in [5.74, 6) is -0.862. The molecule has 3 heterocycles. The Hall–Kier alpha value is -2.77. The predicted octanol–water partition coefficient (Wildman–Crippen LogP) is 1.12. The lowest BCUT2D eigenvalue weighted by Crippen LogP contribution is -2.71. The highest BCUT2D eigenvalue weighted by Gasteiger charge is 2.54. The van der Waals surface area contributed by atoms with E-state index in [4.69, 9.17) is 11.6 Å². The van der Waals surface area contributed by atoms with Crippen molar-refractivity contribution in [3.8, 4) is 0 Å². The number of carbonyl (C=O) groups excluding carboxylic acids is 2. The maximum Gasteiger partial charge on any atom is 0.352 e. The third-order valence-electron chi connectivity index (χ3n) is 5.11. The van der Waals surface area contributed by atoms with Gasteiger partial charge < -0.3 is 15.7 Å². The van der Waals surface area contributed by atoms with Gasteiger partial charge in [0, 0.05) is 30.1 Å². The number of benzene rings is 1. The fraction of sp³-hybridized carbons (Fsp3) is 0.368. The summed E-state index contributed by atoms with van der Waals surface area (Å²) in [4.78, 5) is 38.2. The van der Waals surface area contributed by atoms with E-state index in [9.17, 15) is 19.5 Å². The minimum absolute atomic E-state index is 0.0347. The van der Waals surface area contributed by atoms with Crippen molar-refractivity contribution in [3.05, 3.63) is 46.1 Å². The van der Waals surface area contributed by atoms with Crippen molar-refractivity contribution < 1.29 is 19.5 Å². The average molecular weight is 510 g/mol. The zero-order valence-corrected chi connectivity index (χ0v) is 19.8. The summed E-state index contributed by atoms with van der Waals surface area (Å²) in [5, 5.41) is 27.0. The van der Waals surface area contributed by atoms with Gasteiger partial charge in [0.2, 0.25) is 5.16 Å². The van der Waals surface area contributed by atoms with Crippen LogP contribution < -0.4 is 10.6 Å². The molecule has 1 fully saturated rings. The van der Waals surface area contributed by atoms with Crippen molar-refractivity contribution >= 4 is 53.0 Å². The number of aryl methyl sites for hydroxylation is 1. The topological polar surface area (TPSA) is 142 Å². The fourth-order valence-corrected chi connectivity index (χ4v) is 5.91. The highest BCUT2D eigenvalue weighted by atomic mass is 35.5. The van der Waals surface area contributed by atoms with Gasteiger partial charge in [0.25, 0.3) is 5.91 Å². The summed E-state index contributed by atoms with van der Waals surface area (Å²) in [6, 6.07) is 6.07. The Morgan fingerprint density at radius 2 is 2.09 bits per heavy atom. The smallest absolute Gasteiger partial charge is 0.352 e. The number of hydrogen-bond acceptors (Lipinski definition) is 8. The third-order valence-corrected chi connectivity index (χ3v) is 7.79. The van der Waals surface area contributed by atoms with Gasteiger partial charge in [-0.2, -0.15) is 0 Å². The number of nitrogens with zero attached hydrogens (tertiary/aromatic N) is 5. The molecule has 4 rings (SSSR count). The van der Waals surface area contributed by atoms with Crippen molar-refractivity contribution in [2.24, 2.45) is 7.05 Å². The van der Waals surface area contributed by atoms with Crippen LogP contribution in [0.15, 0.2) is 40.7 Å². The second-order valence-electron chi connectivity index (χ2n) is 7.30. The molecular formula is C19H20ClN7O4S2. The van der Waals surface area contributed by atoms with Gasteiger partial charge in [0.05, 0.1) is 0 Å². The molecule has 0 radical (unpaired) electrons. The number of carboxylic acid groups (broad SMARTS) is 1. The van der Waals surface area contributed by atoms with E-state index in [2.05, 4.69) is 26.2 Å². The average Bonchev–Trinajstić information content (AvgIpc) is 3.21. The van der Waals surface area contributed by atoms with E-state index >= 15 is 0 Å². The van der Waals surface area contributed by atoms with E-state index in [1.54, 1.807) is 19.2 Å². The number of hydrogen-bond donors (Lipinski definition) is 3. The zero-order valence-electron chi connectivity index (χ0n) is 17.4. The van der Waals surface area contributed by atoms with Crippen LogP contribution in [0.1, 0.15) is 5.56 Å². The maximum atomic E-state index is 12.7. The molecule has 1 aromatic heterocycles. The van der Waals surface area contributed by atoms with Crippen LogP contribution in [0, 0.1) is 0 Å². The molecule has 0 spiro atoms. The third kappa shape index (κ3) is 5.09. The number of aliphatic carboxylic acids is 1. The number of urea groups is 1. The van der Waals surface area contributed by atoms with E-state index in [1.807, 2.05) is 12.1 Å². The van der Waals surface area contributed by atoms with E-state index < -0.39 is 29.3 Å². The first-order valence-corrected chi connectivity index (χ1v) is 12.3. The van der Waals surface area contributed by atoms with Gasteiger partial charge in [-0.15, -0.1) is 16.9 Å². The van der Waals surface area contributed by atoms with Crippen LogP contribution in [0.25, 0.3) is 0 Å². The van der Waals surface area contributed by atoms with E-state index in [1.165, 1.54) is 33.1 Å². The van der Waals surface area contributed by atoms with E-state index in [0.717, 1.165) is 5.56 Å². The number of nitrogens with one attached hydrogen (secondary N) is 2. The quantitative estimate of drug-likeness (QED) is 0.352. The van der Waals surface area contributed by atoms with Crippen molar-refractivity contribution in [2.45, 2.75) is 23.0 Å². The summed E-state index contributed by atoms with van der Waals surface area (Å²) < 4.78 is 1.49. The number of rotatable bonds is 8. The Morgan fingerprint density at radius 3 is 2.76 bits per heavy atom. The van der Waals surface area contributed by atoms with Gasteiger partial charge in [-0.3, -0.25) is 9.69 Å². The Morgan fingerprint density at radius 1 is 1.33 bits per heavy atom. The minimum Gasteiger partial charge on any atom is -0.477 e. The number of amides is 3. The van der Waals surface area contributed by atoms with Crippen LogP contribution in [0.2, 0.25) is 5.02 Å². The molecule has 1 saturated heterocycles. The van der Waals surface area contributed by atoms with E-state index in [-0.39, 0.29) is 5.70 Å². The maximum absolute atomic E-state index is 12.7. The number of β-lactam (4-membered cyclic amide) rings is 1. The molecule has 1 unspecified atom stereocenters. The molecule has 2 aromatic rings. The van der Waals surface area contributed by atoms with Crippen molar-refractivity contribution in [1.82, 2.24) is 35.7 Å². The first-order valence-electron chi connectivity index (χ1n) is 9.89. The van der Waals surface area contributed by atoms with Crippen molar-refractivity contribution in [2.75, 3.05) is 18.1 Å². The molecule has 3 amide bonds. The van der Waals surface area contributed by atoms with Gasteiger partial charge in [-0.1, -0.05) is 35.5 Å². The predicted molar refractivity (Wildman–Crippen MR) is 123 cm³/mol. The summed E-state index contributed by atoms with van der Waals surface area (Å²) in [7, 11) is 1.69. The molecule has 0 bridgehead atoms. The SMILES string of the molecule is Cn1nnnc1SCC1=C(C(=O)O)N2C(=O)C(NC(=O)NCCc3ccc(Cl)cc3)[C@@H]2SC1.